The predicted octanol–water partition coefficient (Wildman–Crippen LogP) is 4.94. The lowest BCUT2D eigenvalue weighted by atomic mass is 10.0. The van der Waals surface area contributed by atoms with Crippen LogP contribution in [0.2, 0.25) is 5.02 Å². The summed E-state index contributed by atoms with van der Waals surface area (Å²) in [7, 11) is 0. The summed E-state index contributed by atoms with van der Waals surface area (Å²) in [5, 5.41) is 7.55. The van der Waals surface area contributed by atoms with Crippen molar-refractivity contribution < 1.29 is 9.32 Å². The lowest BCUT2D eigenvalue weighted by Crippen LogP contribution is -2.14. The zero-order valence-corrected chi connectivity index (χ0v) is 16.3. The molecule has 2 heterocycles. The van der Waals surface area contributed by atoms with Crippen LogP contribution in [0.5, 0.6) is 0 Å². The second-order valence-corrected chi connectivity index (χ2v) is 6.92. The lowest BCUT2D eigenvalue weighted by molar-refractivity contribution is -0.115. The third-order valence-corrected chi connectivity index (χ3v) is 4.75. The summed E-state index contributed by atoms with van der Waals surface area (Å²) >= 11 is 6.16. The molecule has 0 radical (unpaired) electrons. The molecule has 6 nitrogen and oxygen atoms in total. The number of aromatic nitrogens is 3. The van der Waals surface area contributed by atoms with Gasteiger partial charge in [0.2, 0.25) is 11.8 Å². The van der Waals surface area contributed by atoms with Crippen LogP contribution in [-0.2, 0) is 11.2 Å². The van der Waals surface area contributed by atoms with E-state index in [4.69, 9.17) is 16.1 Å². The van der Waals surface area contributed by atoms with Crippen LogP contribution in [0.1, 0.15) is 11.1 Å². The van der Waals surface area contributed by atoms with Gasteiger partial charge in [0.15, 0.2) is 0 Å². The molecule has 7 heteroatoms. The number of nitrogens with one attached hydrogen (secondary N) is 1. The SMILES string of the molecule is Cc1cccc(-c2noc(NC(=O)Cc3ccccc3Cl)c2-c2ccncn2)c1. The molecule has 4 aromatic rings. The summed E-state index contributed by atoms with van der Waals surface area (Å²) in [6, 6.07) is 16.8. The largest absolute Gasteiger partial charge is 0.337 e. The van der Waals surface area contributed by atoms with Gasteiger partial charge in [-0.25, -0.2) is 9.97 Å². The van der Waals surface area contributed by atoms with Gasteiger partial charge in [0, 0.05) is 16.8 Å². The van der Waals surface area contributed by atoms with Crippen LogP contribution in [0.4, 0.5) is 5.88 Å². The van der Waals surface area contributed by atoms with Gasteiger partial charge in [-0.05, 0) is 30.7 Å². The average Bonchev–Trinajstić information content (AvgIpc) is 3.14. The van der Waals surface area contributed by atoms with Crippen molar-refractivity contribution in [1.82, 2.24) is 15.1 Å². The second kappa shape index (κ2) is 8.24. The van der Waals surface area contributed by atoms with Gasteiger partial charge >= 0.3 is 0 Å². The molecule has 1 N–H and O–H groups in total. The Morgan fingerprint density at radius 1 is 1.14 bits per heavy atom. The summed E-state index contributed by atoms with van der Waals surface area (Å²) in [5.41, 5.74) is 4.49. The number of hydrogen-bond donors (Lipinski definition) is 1. The molecule has 0 bridgehead atoms. The van der Waals surface area contributed by atoms with Gasteiger partial charge in [-0.15, -0.1) is 0 Å². The number of anilines is 1. The van der Waals surface area contributed by atoms with E-state index in [1.165, 1.54) is 6.33 Å². The molecule has 0 fully saturated rings. The van der Waals surface area contributed by atoms with Crippen molar-refractivity contribution in [3.8, 4) is 22.5 Å². The molecule has 0 saturated heterocycles. The van der Waals surface area contributed by atoms with Crippen molar-refractivity contribution in [1.29, 1.82) is 0 Å². The highest BCUT2D eigenvalue weighted by molar-refractivity contribution is 6.31. The summed E-state index contributed by atoms with van der Waals surface area (Å²) in [6.45, 7) is 2.00. The van der Waals surface area contributed by atoms with Gasteiger partial charge in [0.25, 0.3) is 0 Å². The average molecular weight is 405 g/mol. The number of carbonyl (C=O) groups excluding carboxylic acids is 1. The van der Waals surface area contributed by atoms with E-state index in [1.807, 2.05) is 49.4 Å². The Bertz CT molecular complexity index is 1160. The second-order valence-electron chi connectivity index (χ2n) is 6.52. The van der Waals surface area contributed by atoms with Crippen molar-refractivity contribution in [2.75, 3.05) is 5.32 Å². The fraction of sp³-hybridized carbons (Fsp3) is 0.0909. The Labute approximate surface area is 172 Å². The minimum atomic E-state index is -0.264. The topological polar surface area (TPSA) is 80.9 Å². The van der Waals surface area contributed by atoms with Crippen LogP contribution in [0.3, 0.4) is 0 Å². The van der Waals surface area contributed by atoms with Gasteiger partial charge in [0.05, 0.1) is 17.7 Å². The fourth-order valence-electron chi connectivity index (χ4n) is 3.03. The summed E-state index contributed by atoms with van der Waals surface area (Å²) in [5.74, 6) is -0.0300. The lowest BCUT2D eigenvalue weighted by Gasteiger charge is -2.07. The smallest absolute Gasteiger partial charge is 0.241 e. The maximum atomic E-state index is 12.6. The molecule has 0 aliphatic carbocycles. The van der Waals surface area contributed by atoms with E-state index >= 15 is 0 Å². The molecule has 29 heavy (non-hydrogen) atoms. The maximum Gasteiger partial charge on any atom is 0.241 e. The van der Waals surface area contributed by atoms with Crippen LogP contribution in [0, 0.1) is 6.92 Å². The highest BCUT2D eigenvalue weighted by Gasteiger charge is 2.22. The number of carbonyl (C=O) groups is 1. The zero-order chi connectivity index (χ0) is 20.2. The summed E-state index contributed by atoms with van der Waals surface area (Å²) < 4.78 is 5.51. The standard InChI is InChI=1S/C22H17ClN4O2/c1-14-5-4-7-16(11-14)21-20(18-9-10-24-13-25-18)22(29-27-21)26-19(28)12-15-6-2-3-8-17(15)23/h2-11,13H,12H2,1H3,(H,26,28). The molecule has 0 atom stereocenters. The third kappa shape index (κ3) is 4.17. The van der Waals surface area contributed by atoms with Crippen molar-refractivity contribution >= 4 is 23.4 Å². The highest BCUT2D eigenvalue weighted by atomic mass is 35.5. The molecule has 1 amide bonds. The maximum absolute atomic E-state index is 12.6. The van der Waals surface area contributed by atoms with Crippen molar-refractivity contribution in [2.24, 2.45) is 0 Å². The molecule has 144 valence electrons. The molecular formula is C22H17ClN4O2. The third-order valence-electron chi connectivity index (χ3n) is 4.38. The number of amides is 1. The van der Waals surface area contributed by atoms with Crippen LogP contribution in [-0.4, -0.2) is 21.0 Å². The predicted molar refractivity (Wildman–Crippen MR) is 111 cm³/mol. The Morgan fingerprint density at radius 3 is 2.76 bits per heavy atom. The molecule has 0 aliphatic rings. The van der Waals surface area contributed by atoms with Crippen molar-refractivity contribution in [3.63, 3.8) is 0 Å². The van der Waals surface area contributed by atoms with Gasteiger partial charge in [-0.3, -0.25) is 10.1 Å². The van der Waals surface area contributed by atoms with Gasteiger partial charge in [-0.1, -0.05) is 58.7 Å². The molecule has 2 aromatic carbocycles. The van der Waals surface area contributed by atoms with E-state index < -0.39 is 0 Å². The Morgan fingerprint density at radius 2 is 2.00 bits per heavy atom. The van der Waals surface area contributed by atoms with E-state index in [0.29, 0.717) is 22.0 Å². The Hall–Kier alpha value is -3.51. The van der Waals surface area contributed by atoms with E-state index in [1.54, 1.807) is 18.3 Å². The molecule has 4 rings (SSSR count). The number of hydrogen-bond acceptors (Lipinski definition) is 5. The quantitative estimate of drug-likeness (QED) is 0.509. The van der Waals surface area contributed by atoms with Gasteiger partial charge in [-0.2, -0.15) is 0 Å². The number of halogens is 1. The summed E-state index contributed by atoms with van der Waals surface area (Å²) in [6.07, 6.45) is 3.19. The van der Waals surface area contributed by atoms with E-state index in [9.17, 15) is 4.79 Å². The van der Waals surface area contributed by atoms with E-state index in [-0.39, 0.29) is 18.2 Å². The van der Waals surface area contributed by atoms with Crippen molar-refractivity contribution in [2.45, 2.75) is 13.3 Å². The molecule has 0 aliphatic heterocycles. The Kier molecular flexibility index (Phi) is 5.35. The van der Waals surface area contributed by atoms with Gasteiger partial charge in [0.1, 0.15) is 12.0 Å². The first-order chi connectivity index (χ1) is 14.1. The monoisotopic (exact) mass is 404 g/mol. The number of benzene rings is 2. The molecule has 2 aromatic heterocycles. The first-order valence-corrected chi connectivity index (χ1v) is 9.36. The molecular weight excluding hydrogens is 388 g/mol. The van der Waals surface area contributed by atoms with E-state index in [2.05, 4.69) is 20.4 Å². The van der Waals surface area contributed by atoms with E-state index in [0.717, 1.165) is 16.7 Å². The first-order valence-electron chi connectivity index (χ1n) is 8.98. The normalized spacial score (nSPS) is 10.7. The van der Waals surface area contributed by atoms with Crippen molar-refractivity contribution in [3.05, 3.63) is 83.3 Å². The molecule has 0 unspecified atom stereocenters. The molecule has 0 spiro atoms. The number of aryl methyl sites for hydroxylation is 1. The number of rotatable bonds is 5. The van der Waals surface area contributed by atoms with Crippen LogP contribution in [0.15, 0.2) is 71.6 Å². The highest BCUT2D eigenvalue weighted by Crippen LogP contribution is 2.37. The fourth-order valence-corrected chi connectivity index (χ4v) is 3.23. The summed E-state index contributed by atoms with van der Waals surface area (Å²) in [4.78, 5) is 20.9. The number of nitrogens with zero attached hydrogens (tertiary/aromatic N) is 3. The first kappa shape index (κ1) is 18.8. The Balaban J connectivity index is 1.70. The minimum absolute atomic E-state index is 0.114. The minimum Gasteiger partial charge on any atom is -0.337 e. The van der Waals surface area contributed by atoms with Crippen LogP contribution < -0.4 is 5.32 Å². The van der Waals surface area contributed by atoms with Gasteiger partial charge < -0.3 is 4.52 Å². The van der Waals surface area contributed by atoms with Crippen LogP contribution in [0.25, 0.3) is 22.5 Å². The van der Waals surface area contributed by atoms with Crippen LogP contribution >= 0.6 is 11.6 Å². The zero-order valence-electron chi connectivity index (χ0n) is 15.6. The molecule has 0 saturated carbocycles.